The minimum absolute atomic E-state index is 0.116. The molecule has 1 aliphatic carbocycles. The van der Waals surface area contributed by atoms with Crippen LogP contribution in [0.2, 0.25) is 0 Å². The van der Waals surface area contributed by atoms with Gasteiger partial charge in [0.15, 0.2) is 0 Å². The molecule has 1 aromatic heterocycles. The van der Waals surface area contributed by atoms with Crippen molar-refractivity contribution in [2.24, 2.45) is 12.8 Å². The van der Waals surface area contributed by atoms with Crippen LogP contribution in [0.1, 0.15) is 18.4 Å². The summed E-state index contributed by atoms with van der Waals surface area (Å²) in [5, 5.41) is 16.7. The van der Waals surface area contributed by atoms with Crippen molar-refractivity contribution < 1.29 is 4.79 Å². The number of amidine groups is 1. The van der Waals surface area contributed by atoms with Crippen LogP contribution in [0, 0.1) is 5.41 Å². The van der Waals surface area contributed by atoms with E-state index in [1.165, 1.54) is 10.9 Å². The minimum Gasteiger partial charge on any atom is -0.384 e. The van der Waals surface area contributed by atoms with Gasteiger partial charge in [0.1, 0.15) is 11.7 Å². The lowest BCUT2D eigenvalue weighted by molar-refractivity contribution is 0.251. The molecule has 2 amide bonds. The summed E-state index contributed by atoms with van der Waals surface area (Å²) >= 11 is 0. The number of hydrogen-bond acceptors (Lipinski definition) is 3. The molecule has 5 N–H and O–H groups in total. The summed E-state index contributed by atoms with van der Waals surface area (Å²) in [6.07, 6.45) is 3.51. The SMILES string of the molecule is Cn1ncc(C(=N)N)c1NC(=O)NC1CC1. The number of carbonyl (C=O) groups is 1. The van der Waals surface area contributed by atoms with Gasteiger partial charge in [-0.2, -0.15) is 5.10 Å². The van der Waals surface area contributed by atoms with Gasteiger partial charge in [0.05, 0.1) is 11.8 Å². The summed E-state index contributed by atoms with van der Waals surface area (Å²) in [5.41, 5.74) is 5.80. The molecule has 0 aromatic carbocycles. The van der Waals surface area contributed by atoms with E-state index in [-0.39, 0.29) is 17.9 Å². The predicted molar refractivity (Wildman–Crippen MR) is 59.4 cm³/mol. The Labute approximate surface area is 92.5 Å². The third kappa shape index (κ3) is 2.13. The molecule has 1 aromatic rings. The molecule has 0 saturated heterocycles. The number of aromatic nitrogens is 2. The van der Waals surface area contributed by atoms with Gasteiger partial charge in [0.25, 0.3) is 0 Å². The van der Waals surface area contributed by atoms with Crippen molar-refractivity contribution in [3.05, 3.63) is 11.8 Å². The standard InChI is InChI=1S/C9H14N6O/c1-15-8(6(4-12-15)7(10)11)14-9(16)13-5-2-3-5/h4-5H,2-3H2,1H3,(H3,10,11)(H2,13,14,16). The first-order valence-corrected chi connectivity index (χ1v) is 5.02. The predicted octanol–water partition coefficient (Wildman–Crippen LogP) is -0.0119. The van der Waals surface area contributed by atoms with Gasteiger partial charge in [0.2, 0.25) is 0 Å². The maximum atomic E-state index is 11.5. The number of rotatable bonds is 3. The Hall–Kier alpha value is -2.05. The topological polar surface area (TPSA) is 109 Å². The zero-order chi connectivity index (χ0) is 11.7. The first kappa shape index (κ1) is 10.5. The Kier molecular flexibility index (Phi) is 2.51. The van der Waals surface area contributed by atoms with Gasteiger partial charge in [-0.1, -0.05) is 0 Å². The van der Waals surface area contributed by atoms with Crippen molar-refractivity contribution in [2.45, 2.75) is 18.9 Å². The number of carbonyl (C=O) groups excluding carboxylic acids is 1. The van der Waals surface area contributed by atoms with Gasteiger partial charge in [-0.15, -0.1) is 0 Å². The summed E-state index contributed by atoms with van der Waals surface area (Å²) in [4.78, 5) is 11.5. The lowest BCUT2D eigenvalue weighted by atomic mass is 10.3. The number of nitrogens with zero attached hydrogens (tertiary/aromatic N) is 2. The molecule has 1 aliphatic rings. The zero-order valence-corrected chi connectivity index (χ0v) is 8.95. The normalized spacial score (nSPS) is 14.6. The molecule has 1 saturated carbocycles. The number of amides is 2. The third-order valence-electron chi connectivity index (χ3n) is 2.37. The molecular formula is C9H14N6O. The molecule has 0 radical (unpaired) electrons. The van der Waals surface area contributed by atoms with Crippen LogP contribution in [-0.4, -0.2) is 27.7 Å². The first-order valence-electron chi connectivity index (χ1n) is 5.02. The van der Waals surface area contributed by atoms with Gasteiger partial charge in [-0.05, 0) is 12.8 Å². The Morgan fingerprint density at radius 3 is 2.94 bits per heavy atom. The summed E-state index contributed by atoms with van der Waals surface area (Å²) in [6, 6.07) is 0.00241. The van der Waals surface area contributed by atoms with Gasteiger partial charge < -0.3 is 11.1 Å². The number of urea groups is 1. The quantitative estimate of drug-likeness (QED) is 0.426. The molecule has 1 fully saturated rings. The second kappa shape index (κ2) is 3.84. The Morgan fingerprint density at radius 1 is 1.69 bits per heavy atom. The largest absolute Gasteiger partial charge is 0.384 e. The molecule has 7 nitrogen and oxygen atoms in total. The number of nitrogen functional groups attached to an aromatic ring is 1. The minimum atomic E-state index is -0.284. The van der Waals surface area contributed by atoms with Crippen molar-refractivity contribution >= 4 is 17.7 Å². The van der Waals surface area contributed by atoms with E-state index in [1.54, 1.807) is 7.05 Å². The highest BCUT2D eigenvalue weighted by Crippen LogP contribution is 2.19. The number of hydrogen-bond donors (Lipinski definition) is 4. The van der Waals surface area contributed by atoms with Crippen molar-refractivity contribution in [3.63, 3.8) is 0 Å². The van der Waals surface area contributed by atoms with Crippen molar-refractivity contribution in [1.82, 2.24) is 15.1 Å². The maximum Gasteiger partial charge on any atom is 0.320 e. The van der Waals surface area contributed by atoms with Gasteiger partial charge in [-0.25, -0.2) is 4.79 Å². The molecule has 0 spiro atoms. The molecule has 1 heterocycles. The van der Waals surface area contributed by atoms with Crippen LogP contribution in [-0.2, 0) is 7.05 Å². The van der Waals surface area contributed by atoms with Crippen LogP contribution in [0.25, 0.3) is 0 Å². The van der Waals surface area contributed by atoms with E-state index in [9.17, 15) is 4.79 Å². The fourth-order valence-electron chi connectivity index (χ4n) is 1.34. The highest BCUT2D eigenvalue weighted by Gasteiger charge is 2.24. The van der Waals surface area contributed by atoms with Crippen LogP contribution >= 0.6 is 0 Å². The second-order valence-electron chi connectivity index (χ2n) is 3.82. The number of nitrogens with two attached hydrogens (primary N) is 1. The van der Waals surface area contributed by atoms with Crippen molar-refractivity contribution in [3.8, 4) is 0 Å². The molecule has 0 bridgehead atoms. The van der Waals surface area contributed by atoms with E-state index in [0.717, 1.165) is 12.8 Å². The fourth-order valence-corrected chi connectivity index (χ4v) is 1.34. The first-order chi connectivity index (χ1) is 7.58. The fraction of sp³-hybridized carbons (Fsp3) is 0.444. The number of nitrogens with one attached hydrogen (secondary N) is 3. The molecule has 86 valence electrons. The molecule has 0 aliphatic heterocycles. The Bertz CT molecular complexity index is 433. The van der Waals surface area contributed by atoms with Gasteiger partial charge in [-0.3, -0.25) is 15.4 Å². The maximum absolute atomic E-state index is 11.5. The Morgan fingerprint density at radius 2 is 2.38 bits per heavy atom. The third-order valence-corrected chi connectivity index (χ3v) is 2.37. The molecule has 2 rings (SSSR count). The lowest BCUT2D eigenvalue weighted by Gasteiger charge is -2.08. The van der Waals surface area contributed by atoms with Crippen LogP contribution in [0.15, 0.2) is 6.20 Å². The summed E-state index contributed by atoms with van der Waals surface area (Å²) in [5.74, 6) is 0.320. The smallest absolute Gasteiger partial charge is 0.320 e. The summed E-state index contributed by atoms with van der Waals surface area (Å²) < 4.78 is 1.48. The van der Waals surface area contributed by atoms with Crippen LogP contribution < -0.4 is 16.4 Å². The van der Waals surface area contributed by atoms with Crippen molar-refractivity contribution in [1.29, 1.82) is 5.41 Å². The van der Waals surface area contributed by atoms with Gasteiger partial charge in [0, 0.05) is 13.1 Å². The van der Waals surface area contributed by atoms with E-state index in [4.69, 9.17) is 11.1 Å². The Balaban J connectivity index is 2.09. The van der Waals surface area contributed by atoms with E-state index < -0.39 is 0 Å². The molecule has 0 atom stereocenters. The zero-order valence-electron chi connectivity index (χ0n) is 8.95. The van der Waals surface area contributed by atoms with E-state index in [1.807, 2.05) is 0 Å². The monoisotopic (exact) mass is 222 g/mol. The average Bonchev–Trinajstić information content (AvgIpc) is 2.92. The average molecular weight is 222 g/mol. The highest BCUT2D eigenvalue weighted by atomic mass is 16.2. The second-order valence-corrected chi connectivity index (χ2v) is 3.82. The highest BCUT2D eigenvalue weighted by molar-refractivity contribution is 6.02. The van der Waals surface area contributed by atoms with Crippen molar-refractivity contribution in [2.75, 3.05) is 5.32 Å². The van der Waals surface area contributed by atoms with Crippen LogP contribution in [0.3, 0.4) is 0 Å². The van der Waals surface area contributed by atoms with E-state index in [2.05, 4.69) is 15.7 Å². The summed E-state index contributed by atoms with van der Waals surface area (Å²) in [7, 11) is 1.68. The number of anilines is 1. The van der Waals surface area contributed by atoms with Crippen LogP contribution in [0.5, 0.6) is 0 Å². The molecule has 7 heteroatoms. The van der Waals surface area contributed by atoms with E-state index in [0.29, 0.717) is 11.4 Å². The molecule has 0 unspecified atom stereocenters. The van der Waals surface area contributed by atoms with Crippen LogP contribution in [0.4, 0.5) is 10.6 Å². The molecular weight excluding hydrogens is 208 g/mol. The summed E-state index contributed by atoms with van der Waals surface area (Å²) in [6.45, 7) is 0. The lowest BCUT2D eigenvalue weighted by Crippen LogP contribution is -2.32. The number of aryl methyl sites for hydroxylation is 1. The van der Waals surface area contributed by atoms with E-state index >= 15 is 0 Å². The van der Waals surface area contributed by atoms with Gasteiger partial charge >= 0.3 is 6.03 Å². The molecule has 16 heavy (non-hydrogen) atoms.